The van der Waals surface area contributed by atoms with E-state index in [1.807, 2.05) is 24.3 Å². The van der Waals surface area contributed by atoms with E-state index in [0.717, 1.165) is 49.2 Å². The minimum absolute atomic E-state index is 0.195. The van der Waals surface area contributed by atoms with Gasteiger partial charge in [-0.1, -0.05) is 41.4 Å². The van der Waals surface area contributed by atoms with E-state index >= 15 is 0 Å². The van der Waals surface area contributed by atoms with Crippen molar-refractivity contribution in [2.75, 3.05) is 50.8 Å². The maximum Gasteiger partial charge on any atom is 0.123 e. The molecule has 0 atom stereocenters. The third kappa shape index (κ3) is 5.64. The quantitative estimate of drug-likeness (QED) is 0.624. The van der Waals surface area contributed by atoms with Gasteiger partial charge in [-0.15, -0.1) is 0 Å². The van der Waals surface area contributed by atoms with E-state index < -0.39 is 0 Å². The summed E-state index contributed by atoms with van der Waals surface area (Å²) < 4.78 is 14.0. The van der Waals surface area contributed by atoms with Gasteiger partial charge in [0, 0.05) is 55.8 Å². The lowest BCUT2D eigenvalue weighted by atomic mass is 9.88. The first kappa shape index (κ1) is 20.9. The van der Waals surface area contributed by atoms with Gasteiger partial charge in [-0.05, 0) is 53.8 Å². The van der Waals surface area contributed by atoms with Crippen LogP contribution in [0.4, 0.5) is 4.39 Å². The monoisotopic (exact) mass is 430 g/mol. The number of hydrogen-bond acceptors (Lipinski definition) is 3. The van der Waals surface area contributed by atoms with Gasteiger partial charge in [0.25, 0.3) is 0 Å². The molecule has 0 bridgehead atoms. The van der Waals surface area contributed by atoms with E-state index in [0.29, 0.717) is 5.02 Å². The number of halogens is 2. The molecule has 0 amide bonds. The Morgan fingerprint density at radius 1 is 0.862 bits per heavy atom. The third-order valence-electron chi connectivity index (χ3n) is 5.88. The first-order valence-corrected chi connectivity index (χ1v) is 12.0. The molecular weight excluding hydrogens is 403 g/mol. The summed E-state index contributed by atoms with van der Waals surface area (Å²) in [6, 6.07) is 14.9. The van der Waals surface area contributed by atoms with Crippen LogP contribution in [0, 0.1) is 5.82 Å². The van der Waals surface area contributed by atoms with Crippen molar-refractivity contribution in [2.45, 2.75) is 12.8 Å². The number of benzene rings is 2. The molecule has 0 unspecified atom stereocenters. The van der Waals surface area contributed by atoms with Crippen LogP contribution in [0.1, 0.15) is 24.0 Å². The molecule has 4 rings (SSSR count). The maximum atomic E-state index is 14.0. The van der Waals surface area contributed by atoms with Crippen molar-refractivity contribution >= 4 is 28.9 Å². The molecule has 29 heavy (non-hydrogen) atoms. The molecule has 2 nitrogen and oxygen atoms in total. The summed E-state index contributed by atoms with van der Waals surface area (Å²) in [5.74, 6) is 2.34. The van der Waals surface area contributed by atoms with Crippen molar-refractivity contribution in [3.8, 4) is 0 Å². The first-order valence-electron chi connectivity index (χ1n) is 10.5. The second-order valence-corrected chi connectivity index (χ2v) is 9.46. The molecule has 2 aromatic carbocycles. The Balaban J connectivity index is 1.50. The van der Waals surface area contributed by atoms with Crippen LogP contribution in [0.5, 0.6) is 0 Å². The van der Waals surface area contributed by atoms with Crippen molar-refractivity contribution in [3.05, 3.63) is 76.1 Å². The van der Waals surface area contributed by atoms with Crippen molar-refractivity contribution in [1.82, 2.24) is 9.80 Å². The molecule has 2 aliphatic heterocycles. The summed E-state index contributed by atoms with van der Waals surface area (Å²) in [7, 11) is 0. The Morgan fingerprint density at radius 3 is 2.14 bits per heavy atom. The zero-order valence-electron chi connectivity index (χ0n) is 16.7. The van der Waals surface area contributed by atoms with Crippen LogP contribution in [-0.4, -0.2) is 60.6 Å². The van der Waals surface area contributed by atoms with Crippen LogP contribution in [-0.2, 0) is 0 Å². The van der Waals surface area contributed by atoms with Gasteiger partial charge in [-0.25, -0.2) is 4.39 Å². The number of nitrogens with zero attached hydrogens (tertiary/aromatic N) is 2. The van der Waals surface area contributed by atoms with Crippen LogP contribution in [0.15, 0.2) is 54.1 Å². The minimum atomic E-state index is -0.195. The Hall–Kier alpha value is -1.33. The van der Waals surface area contributed by atoms with E-state index in [1.165, 1.54) is 42.8 Å². The molecular formula is C24H28ClFN2S. The van der Waals surface area contributed by atoms with Crippen LogP contribution in [0.2, 0.25) is 5.02 Å². The number of thioether (sulfide) groups is 1. The zero-order valence-corrected chi connectivity index (χ0v) is 18.3. The van der Waals surface area contributed by atoms with Crippen molar-refractivity contribution in [1.29, 1.82) is 0 Å². The van der Waals surface area contributed by atoms with E-state index in [2.05, 4.69) is 27.6 Å². The topological polar surface area (TPSA) is 6.48 Å². The second kappa shape index (κ2) is 10.1. The molecule has 0 radical (unpaired) electrons. The average Bonchev–Trinajstić information content (AvgIpc) is 2.74. The highest BCUT2D eigenvalue weighted by molar-refractivity contribution is 7.99. The number of rotatable bonds is 5. The smallest absolute Gasteiger partial charge is 0.123 e. The summed E-state index contributed by atoms with van der Waals surface area (Å²) in [5, 5.41) is 0.717. The number of hydrogen-bond donors (Lipinski definition) is 0. The molecule has 0 aliphatic carbocycles. The van der Waals surface area contributed by atoms with E-state index in [1.54, 1.807) is 12.1 Å². The van der Waals surface area contributed by atoms with Crippen molar-refractivity contribution in [2.24, 2.45) is 0 Å². The number of likely N-dealkylation sites (tertiary alicyclic amines) is 1. The van der Waals surface area contributed by atoms with Gasteiger partial charge in [0.2, 0.25) is 0 Å². The van der Waals surface area contributed by atoms with Gasteiger partial charge in [-0.2, -0.15) is 11.8 Å². The fraction of sp³-hybridized carbons (Fsp3) is 0.417. The van der Waals surface area contributed by atoms with Gasteiger partial charge < -0.3 is 9.80 Å². The van der Waals surface area contributed by atoms with Gasteiger partial charge in [0.05, 0.1) is 0 Å². The summed E-state index contributed by atoms with van der Waals surface area (Å²) in [5.41, 5.74) is 4.59. The highest BCUT2D eigenvalue weighted by atomic mass is 35.5. The van der Waals surface area contributed by atoms with Crippen LogP contribution in [0.25, 0.3) is 5.57 Å². The molecule has 0 saturated carbocycles. The summed E-state index contributed by atoms with van der Waals surface area (Å²) in [4.78, 5) is 5.17. The fourth-order valence-corrected chi connectivity index (χ4v) is 5.44. The molecule has 154 valence electrons. The van der Waals surface area contributed by atoms with Crippen LogP contribution in [0.3, 0.4) is 0 Å². The maximum absolute atomic E-state index is 14.0. The Bertz CT molecular complexity index is 806. The van der Waals surface area contributed by atoms with Crippen molar-refractivity contribution < 1.29 is 4.39 Å². The molecule has 5 heteroatoms. The summed E-state index contributed by atoms with van der Waals surface area (Å²) >= 11 is 8.34. The first-order chi connectivity index (χ1) is 14.2. The van der Waals surface area contributed by atoms with E-state index in [4.69, 9.17) is 11.6 Å². The van der Waals surface area contributed by atoms with E-state index in [9.17, 15) is 4.39 Å². The van der Waals surface area contributed by atoms with Gasteiger partial charge in [0.1, 0.15) is 5.82 Å². The minimum Gasteiger partial charge on any atom is -0.301 e. The van der Waals surface area contributed by atoms with Gasteiger partial charge >= 0.3 is 0 Å². The Kier molecular flexibility index (Phi) is 7.30. The normalized spacial score (nSPS) is 18.8. The van der Waals surface area contributed by atoms with Crippen molar-refractivity contribution in [3.63, 3.8) is 0 Å². The molecule has 0 N–H and O–H groups in total. The third-order valence-corrected chi connectivity index (χ3v) is 7.05. The summed E-state index contributed by atoms with van der Waals surface area (Å²) in [6.07, 6.45) is 2.04. The predicted octanol–water partition coefficient (Wildman–Crippen LogP) is 5.43. The molecule has 0 aromatic heterocycles. The molecule has 2 saturated heterocycles. The Labute approximate surface area is 182 Å². The second-order valence-electron chi connectivity index (χ2n) is 7.79. The predicted molar refractivity (Wildman–Crippen MR) is 123 cm³/mol. The SMILES string of the molecule is Fc1cccc(C(=C2CCN(CCN3CCSCC3)CC2)c2cccc(Cl)c2)c1. The lowest BCUT2D eigenvalue weighted by molar-refractivity contribution is 0.204. The molecule has 2 heterocycles. The molecule has 2 fully saturated rings. The lowest BCUT2D eigenvalue weighted by Gasteiger charge is -2.33. The highest BCUT2D eigenvalue weighted by Crippen LogP contribution is 2.33. The van der Waals surface area contributed by atoms with Crippen LogP contribution < -0.4 is 0 Å². The molecule has 2 aliphatic rings. The molecule has 0 spiro atoms. The average molecular weight is 431 g/mol. The molecule has 2 aromatic rings. The largest absolute Gasteiger partial charge is 0.301 e. The lowest BCUT2D eigenvalue weighted by Crippen LogP contribution is -2.41. The summed E-state index contributed by atoms with van der Waals surface area (Å²) in [6.45, 7) is 6.90. The van der Waals surface area contributed by atoms with Crippen LogP contribution >= 0.6 is 23.4 Å². The zero-order chi connectivity index (χ0) is 20.1. The highest BCUT2D eigenvalue weighted by Gasteiger charge is 2.20. The Morgan fingerprint density at radius 2 is 1.48 bits per heavy atom. The fourth-order valence-electron chi connectivity index (χ4n) is 4.27. The standard InChI is InChI=1S/C24H28ClFN2S/c25-22-5-1-3-20(17-22)24(21-4-2-6-23(26)18-21)19-7-9-27(10-8-19)11-12-28-13-15-29-16-14-28/h1-6,17-18H,7-16H2. The van der Waals surface area contributed by atoms with Gasteiger partial charge in [0.15, 0.2) is 0 Å². The number of piperidine rings is 1. The van der Waals surface area contributed by atoms with Gasteiger partial charge in [-0.3, -0.25) is 0 Å². The van der Waals surface area contributed by atoms with E-state index in [-0.39, 0.29) is 5.82 Å².